The molecule has 3 nitrogen and oxygen atoms in total. The zero-order valence-electron chi connectivity index (χ0n) is 10.8. The van der Waals surface area contributed by atoms with Crippen molar-refractivity contribution < 1.29 is 0 Å². The Balaban J connectivity index is 2.20. The van der Waals surface area contributed by atoms with Gasteiger partial charge in [-0.2, -0.15) is 0 Å². The van der Waals surface area contributed by atoms with Gasteiger partial charge in [-0.25, -0.2) is 4.98 Å². The van der Waals surface area contributed by atoms with Crippen LogP contribution in [0.5, 0.6) is 0 Å². The molecule has 0 radical (unpaired) electrons. The summed E-state index contributed by atoms with van der Waals surface area (Å²) in [4.78, 5) is 9.30. The number of pyridine rings is 1. The first-order chi connectivity index (χ1) is 8.08. The van der Waals surface area contributed by atoms with E-state index in [0.717, 1.165) is 23.4 Å². The van der Waals surface area contributed by atoms with E-state index >= 15 is 0 Å². The van der Waals surface area contributed by atoms with Gasteiger partial charge in [0, 0.05) is 29.8 Å². The van der Waals surface area contributed by atoms with Crippen molar-refractivity contribution in [2.24, 2.45) is 0 Å². The van der Waals surface area contributed by atoms with Crippen LogP contribution in [0.2, 0.25) is 0 Å². The average Bonchev–Trinajstić information content (AvgIpc) is 2.65. The molecule has 1 aromatic heterocycles. The van der Waals surface area contributed by atoms with Gasteiger partial charge in [0.15, 0.2) is 0 Å². The van der Waals surface area contributed by atoms with Crippen LogP contribution in [0.15, 0.2) is 16.7 Å². The molecule has 0 spiro atoms. The molecule has 0 saturated carbocycles. The molecule has 1 saturated heterocycles. The van der Waals surface area contributed by atoms with Crippen LogP contribution in [0.3, 0.4) is 0 Å². The molecule has 0 aliphatic carbocycles. The third-order valence-electron chi connectivity index (χ3n) is 3.24. The van der Waals surface area contributed by atoms with Crippen molar-refractivity contribution in [2.45, 2.75) is 25.8 Å². The van der Waals surface area contributed by atoms with E-state index in [1.54, 1.807) is 0 Å². The highest BCUT2D eigenvalue weighted by molar-refractivity contribution is 9.10. The van der Waals surface area contributed by atoms with Gasteiger partial charge in [-0.1, -0.05) is 0 Å². The number of likely N-dealkylation sites (N-methyl/N-ethyl adjacent to an activating group) is 1. The third kappa shape index (κ3) is 2.99. The van der Waals surface area contributed by atoms with Crippen molar-refractivity contribution in [1.82, 2.24) is 9.88 Å². The SMILES string of the molecule is Cc1cc(Br)cnc1N1CCCC1CN(C)C. The maximum atomic E-state index is 4.58. The lowest BCUT2D eigenvalue weighted by molar-refractivity contribution is 0.371. The molecule has 17 heavy (non-hydrogen) atoms. The molecule has 1 aliphatic rings. The molecule has 1 atom stereocenters. The second-order valence-corrected chi connectivity index (χ2v) is 5.96. The Morgan fingerprint density at radius 2 is 2.29 bits per heavy atom. The van der Waals surface area contributed by atoms with E-state index in [4.69, 9.17) is 0 Å². The van der Waals surface area contributed by atoms with Gasteiger partial charge in [0.2, 0.25) is 0 Å². The number of anilines is 1. The Morgan fingerprint density at radius 3 is 2.94 bits per heavy atom. The Morgan fingerprint density at radius 1 is 1.53 bits per heavy atom. The fraction of sp³-hybridized carbons (Fsp3) is 0.615. The fourth-order valence-corrected chi connectivity index (χ4v) is 3.01. The summed E-state index contributed by atoms with van der Waals surface area (Å²) in [6, 6.07) is 2.75. The number of halogens is 1. The Hall–Kier alpha value is -0.610. The van der Waals surface area contributed by atoms with Gasteiger partial charge in [-0.3, -0.25) is 0 Å². The van der Waals surface area contributed by atoms with Crippen molar-refractivity contribution in [2.75, 3.05) is 32.1 Å². The molecular formula is C13H20BrN3. The normalized spacial score (nSPS) is 20.3. The number of aryl methyl sites for hydroxylation is 1. The second kappa shape index (κ2) is 5.36. The lowest BCUT2D eigenvalue weighted by Crippen LogP contribution is -2.38. The molecule has 0 N–H and O–H groups in total. The molecule has 4 heteroatoms. The lowest BCUT2D eigenvalue weighted by atomic mass is 10.2. The summed E-state index contributed by atoms with van der Waals surface area (Å²) in [5.41, 5.74) is 1.25. The topological polar surface area (TPSA) is 19.4 Å². The van der Waals surface area contributed by atoms with Gasteiger partial charge >= 0.3 is 0 Å². The minimum atomic E-state index is 0.609. The molecular weight excluding hydrogens is 278 g/mol. The minimum absolute atomic E-state index is 0.609. The van der Waals surface area contributed by atoms with Crippen molar-refractivity contribution in [3.63, 3.8) is 0 Å². The first-order valence-corrected chi connectivity index (χ1v) is 6.90. The van der Waals surface area contributed by atoms with E-state index in [9.17, 15) is 0 Å². The van der Waals surface area contributed by atoms with E-state index in [-0.39, 0.29) is 0 Å². The van der Waals surface area contributed by atoms with Crippen LogP contribution in [0.1, 0.15) is 18.4 Å². The lowest BCUT2D eigenvalue weighted by Gasteiger charge is -2.29. The number of hydrogen-bond acceptors (Lipinski definition) is 3. The smallest absolute Gasteiger partial charge is 0.131 e. The first kappa shape index (κ1) is 12.8. The van der Waals surface area contributed by atoms with Crippen LogP contribution in [-0.2, 0) is 0 Å². The molecule has 1 aliphatic heterocycles. The van der Waals surface area contributed by atoms with Crippen LogP contribution >= 0.6 is 15.9 Å². The van der Waals surface area contributed by atoms with Crippen LogP contribution < -0.4 is 4.90 Å². The van der Waals surface area contributed by atoms with E-state index in [2.05, 4.69) is 57.8 Å². The van der Waals surface area contributed by atoms with E-state index in [1.807, 2.05) is 6.20 Å². The van der Waals surface area contributed by atoms with Gasteiger partial charge < -0.3 is 9.80 Å². The van der Waals surface area contributed by atoms with Crippen molar-refractivity contribution >= 4 is 21.7 Å². The van der Waals surface area contributed by atoms with Gasteiger partial charge in [0.25, 0.3) is 0 Å². The van der Waals surface area contributed by atoms with Crippen LogP contribution in [0.25, 0.3) is 0 Å². The van der Waals surface area contributed by atoms with Crippen molar-refractivity contribution in [3.05, 3.63) is 22.3 Å². The van der Waals surface area contributed by atoms with E-state index in [0.29, 0.717) is 6.04 Å². The summed E-state index contributed by atoms with van der Waals surface area (Å²) in [5.74, 6) is 1.15. The molecule has 0 bridgehead atoms. The monoisotopic (exact) mass is 297 g/mol. The van der Waals surface area contributed by atoms with Crippen LogP contribution in [0.4, 0.5) is 5.82 Å². The summed E-state index contributed by atoms with van der Waals surface area (Å²) < 4.78 is 1.06. The summed E-state index contributed by atoms with van der Waals surface area (Å²) in [6.07, 6.45) is 4.44. The number of aromatic nitrogens is 1. The molecule has 0 amide bonds. The van der Waals surface area contributed by atoms with Crippen LogP contribution in [-0.4, -0.2) is 43.1 Å². The maximum Gasteiger partial charge on any atom is 0.131 e. The number of nitrogens with zero attached hydrogens (tertiary/aromatic N) is 3. The summed E-state index contributed by atoms with van der Waals surface area (Å²) in [6.45, 7) is 4.38. The second-order valence-electron chi connectivity index (χ2n) is 5.05. The first-order valence-electron chi connectivity index (χ1n) is 6.11. The quantitative estimate of drug-likeness (QED) is 0.855. The molecule has 1 aromatic rings. The average molecular weight is 298 g/mol. The predicted molar refractivity (Wildman–Crippen MR) is 75.6 cm³/mol. The molecule has 1 unspecified atom stereocenters. The Labute approximate surface area is 112 Å². The molecule has 2 rings (SSSR count). The standard InChI is InChI=1S/C13H20BrN3/c1-10-7-11(14)8-15-13(10)17-6-4-5-12(17)9-16(2)3/h7-8,12H,4-6,9H2,1-3H3. The molecule has 94 valence electrons. The van der Waals surface area contributed by atoms with Crippen LogP contribution in [0, 0.1) is 6.92 Å². The number of hydrogen-bond donors (Lipinski definition) is 0. The summed E-state index contributed by atoms with van der Waals surface area (Å²) >= 11 is 3.47. The highest BCUT2D eigenvalue weighted by Crippen LogP contribution is 2.28. The van der Waals surface area contributed by atoms with Gasteiger partial charge in [0.1, 0.15) is 5.82 Å². The van der Waals surface area contributed by atoms with Crippen molar-refractivity contribution in [3.8, 4) is 0 Å². The number of rotatable bonds is 3. The van der Waals surface area contributed by atoms with E-state index in [1.165, 1.54) is 18.4 Å². The van der Waals surface area contributed by atoms with Gasteiger partial charge in [-0.15, -0.1) is 0 Å². The maximum absolute atomic E-state index is 4.58. The van der Waals surface area contributed by atoms with Crippen molar-refractivity contribution in [1.29, 1.82) is 0 Å². The molecule has 1 fully saturated rings. The molecule has 2 heterocycles. The fourth-order valence-electron chi connectivity index (χ4n) is 2.56. The van der Waals surface area contributed by atoms with Gasteiger partial charge in [0.05, 0.1) is 0 Å². The summed E-state index contributed by atoms with van der Waals surface area (Å²) in [7, 11) is 4.27. The largest absolute Gasteiger partial charge is 0.352 e. The summed E-state index contributed by atoms with van der Waals surface area (Å²) in [5, 5.41) is 0. The predicted octanol–water partition coefficient (Wildman–Crippen LogP) is 2.68. The Kier molecular flexibility index (Phi) is 4.05. The highest BCUT2D eigenvalue weighted by Gasteiger charge is 2.26. The highest BCUT2D eigenvalue weighted by atomic mass is 79.9. The Bertz CT molecular complexity index is 392. The molecule has 0 aromatic carbocycles. The van der Waals surface area contributed by atoms with Gasteiger partial charge in [-0.05, 0) is 61.4 Å². The zero-order chi connectivity index (χ0) is 12.4. The zero-order valence-corrected chi connectivity index (χ0v) is 12.4. The third-order valence-corrected chi connectivity index (χ3v) is 3.68. The minimum Gasteiger partial charge on any atom is -0.352 e. The van der Waals surface area contributed by atoms with E-state index < -0.39 is 0 Å².